The smallest absolute Gasteiger partial charge is 0.306 e. The average Bonchev–Trinajstić information content (AvgIpc) is 3.48. The molecule has 480 valence electrons. The van der Waals surface area contributed by atoms with Gasteiger partial charge in [0, 0.05) is 19.3 Å². The lowest BCUT2D eigenvalue weighted by Gasteiger charge is -2.18. The van der Waals surface area contributed by atoms with Gasteiger partial charge in [0.05, 0.1) is 0 Å². The molecule has 0 spiro atoms. The van der Waals surface area contributed by atoms with Gasteiger partial charge < -0.3 is 14.2 Å². The molecule has 0 saturated carbocycles. The minimum atomic E-state index is -0.780. The van der Waals surface area contributed by atoms with E-state index in [1.807, 2.05) is 0 Å². The Hall–Kier alpha value is -3.41. The van der Waals surface area contributed by atoms with Crippen molar-refractivity contribution in [2.75, 3.05) is 13.2 Å². The number of hydrogen-bond acceptors (Lipinski definition) is 6. The third-order valence-electron chi connectivity index (χ3n) is 15.9. The van der Waals surface area contributed by atoms with Gasteiger partial charge in [-0.1, -0.05) is 324 Å². The molecule has 6 heteroatoms. The maximum absolute atomic E-state index is 13.0. The van der Waals surface area contributed by atoms with Crippen LogP contribution in [0.3, 0.4) is 0 Å². The largest absolute Gasteiger partial charge is 0.462 e. The first-order valence-corrected chi connectivity index (χ1v) is 36.1. The van der Waals surface area contributed by atoms with Gasteiger partial charge in [0.2, 0.25) is 0 Å². The molecule has 0 aromatic heterocycles. The van der Waals surface area contributed by atoms with Crippen LogP contribution in [0.15, 0.2) is 85.1 Å². The fraction of sp³-hybridized carbons (Fsp3) is 0.779. The molecule has 0 aliphatic rings. The number of esters is 3. The molecular weight excluding hydrogens is 1020 g/mol. The summed E-state index contributed by atoms with van der Waals surface area (Å²) in [6, 6.07) is 0. The summed E-state index contributed by atoms with van der Waals surface area (Å²) in [6.07, 6.45) is 94.8. The average molecular weight is 1160 g/mol. The van der Waals surface area contributed by atoms with Crippen molar-refractivity contribution < 1.29 is 28.6 Å². The van der Waals surface area contributed by atoms with Crippen LogP contribution in [0.5, 0.6) is 0 Å². The van der Waals surface area contributed by atoms with E-state index in [2.05, 4.69) is 106 Å². The second-order valence-electron chi connectivity index (χ2n) is 24.1. The Morgan fingerprint density at radius 1 is 0.253 bits per heavy atom. The van der Waals surface area contributed by atoms with Crippen molar-refractivity contribution in [2.45, 2.75) is 374 Å². The van der Waals surface area contributed by atoms with Crippen molar-refractivity contribution in [1.29, 1.82) is 0 Å². The molecule has 0 aromatic rings. The molecule has 6 nitrogen and oxygen atoms in total. The number of ether oxygens (including phenoxy) is 3. The number of rotatable bonds is 66. The summed E-state index contributed by atoms with van der Waals surface area (Å²) in [5, 5.41) is 0. The standard InChI is InChI=1S/C77H136O6/c1-4-7-10-13-16-19-22-24-26-28-30-32-34-36-37-38-39-41-42-44-46-48-50-52-55-58-61-64-67-70-76(79)82-73-74(72-81-75(78)69-66-63-60-57-54-21-18-15-12-9-6-3)83-77(80)71-68-65-62-59-56-53-51-49-47-45-43-40-35-33-31-29-27-25-23-20-17-14-11-8-5-2/h7,10,15-16,18-19,23-26,29-32,74H,4-6,8-9,11-14,17,20-22,27-28,33-73H2,1-3H3/b10-7-,18-15-,19-16-,25-23-,26-24-,31-29-,32-30-. The normalized spacial score (nSPS) is 12.6. The van der Waals surface area contributed by atoms with Crippen LogP contribution in [0.4, 0.5) is 0 Å². The topological polar surface area (TPSA) is 78.9 Å². The summed E-state index contributed by atoms with van der Waals surface area (Å²) in [6.45, 7) is 6.52. The first kappa shape index (κ1) is 79.6. The quantitative estimate of drug-likeness (QED) is 0.0261. The fourth-order valence-corrected chi connectivity index (χ4v) is 10.4. The first-order chi connectivity index (χ1) is 41.0. The molecule has 0 rings (SSSR count). The third kappa shape index (κ3) is 69.3. The second-order valence-corrected chi connectivity index (χ2v) is 24.1. The first-order valence-electron chi connectivity index (χ1n) is 36.1. The van der Waals surface area contributed by atoms with E-state index in [0.717, 1.165) is 96.3 Å². The van der Waals surface area contributed by atoms with Gasteiger partial charge >= 0.3 is 17.9 Å². The lowest BCUT2D eigenvalue weighted by atomic mass is 10.0. The minimum Gasteiger partial charge on any atom is -0.462 e. The maximum atomic E-state index is 13.0. The lowest BCUT2D eigenvalue weighted by molar-refractivity contribution is -0.167. The molecule has 0 bridgehead atoms. The Bertz CT molecular complexity index is 1570. The van der Waals surface area contributed by atoms with Gasteiger partial charge in [-0.3, -0.25) is 14.4 Å². The minimum absolute atomic E-state index is 0.0756. The summed E-state index contributed by atoms with van der Waals surface area (Å²) < 4.78 is 17.0. The molecule has 83 heavy (non-hydrogen) atoms. The van der Waals surface area contributed by atoms with Crippen LogP contribution in [0.2, 0.25) is 0 Å². The van der Waals surface area contributed by atoms with Crippen molar-refractivity contribution >= 4 is 17.9 Å². The predicted molar refractivity (Wildman–Crippen MR) is 362 cm³/mol. The number of allylic oxidation sites excluding steroid dienone is 14. The van der Waals surface area contributed by atoms with Crippen molar-refractivity contribution in [3.8, 4) is 0 Å². The molecule has 0 aliphatic heterocycles. The molecule has 0 fully saturated rings. The lowest BCUT2D eigenvalue weighted by Crippen LogP contribution is -2.30. The predicted octanol–water partition coefficient (Wildman–Crippen LogP) is 25.0. The Kier molecular flexibility index (Phi) is 68.2. The summed E-state index contributed by atoms with van der Waals surface area (Å²) in [5.74, 6) is -0.867. The van der Waals surface area contributed by atoms with Crippen LogP contribution in [0.25, 0.3) is 0 Å². The molecule has 0 aromatic carbocycles. The number of carbonyl (C=O) groups is 3. The molecular formula is C77H136O6. The van der Waals surface area contributed by atoms with Crippen molar-refractivity contribution in [1.82, 2.24) is 0 Å². The van der Waals surface area contributed by atoms with Gasteiger partial charge in [0.1, 0.15) is 13.2 Å². The van der Waals surface area contributed by atoms with Gasteiger partial charge in [0.15, 0.2) is 6.10 Å². The maximum Gasteiger partial charge on any atom is 0.306 e. The molecule has 0 amide bonds. The van der Waals surface area contributed by atoms with Gasteiger partial charge in [0.25, 0.3) is 0 Å². The molecule has 0 radical (unpaired) electrons. The zero-order chi connectivity index (χ0) is 59.9. The highest BCUT2D eigenvalue weighted by atomic mass is 16.6. The van der Waals surface area contributed by atoms with E-state index in [4.69, 9.17) is 14.2 Å². The number of hydrogen-bond donors (Lipinski definition) is 0. The fourth-order valence-electron chi connectivity index (χ4n) is 10.4. The van der Waals surface area contributed by atoms with E-state index in [-0.39, 0.29) is 31.1 Å². The van der Waals surface area contributed by atoms with Crippen LogP contribution in [0, 0.1) is 0 Å². The van der Waals surface area contributed by atoms with E-state index in [0.29, 0.717) is 19.3 Å². The van der Waals surface area contributed by atoms with E-state index in [9.17, 15) is 14.4 Å². The van der Waals surface area contributed by atoms with Crippen LogP contribution in [-0.4, -0.2) is 37.2 Å². The van der Waals surface area contributed by atoms with E-state index < -0.39 is 6.10 Å². The molecule has 0 aliphatic carbocycles. The third-order valence-corrected chi connectivity index (χ3v) is 15.9. The SMILES string of the molecule is CC/C=C\C/C=C\C/C=C\C/C=C\CCCCCCCCCCCCCCCCCCC(=O)OCC(COC(=O)CCCCCCC/C=C\CCCC)OC(=O)CCCCCCCCCCCCCCC/C=C\C/C=C\CCCCCCC. The summed E-state index contributed by atoms with van der Waals surface area (Å²) in [4.78, 5) is 38.4. The highest BCUT2D eigenvalue weighted by Gasteiger charge is 2.19. The van der Waals surface area contributed by atoms with Crippen LogP contribution >= 0.6 is 0 Å². The number of carbonyl (C=O) groups excluding carboxylic acids is 3. The molecule has 0 N–H and O–H groups in total. The molecule has 0 heterocycles. The van der Waals surface area contributed by atoms with Crippen molar-refractivity contribution in [3.05, 3.63) is 85.1 Å². The van der Waals surface area contributed by atoms with E-state index >= 15 is 0 Å². The van der Waals surface area contributed by atoms with Crippen molar-refractivity contribution in [3.63, 3.8) is 0 Å². The van der Waals surface area contributed by atoms with Crippen LogP contribution < -0.4 is 0 Å². The molecule has 1 unspecified atom stereocenters. The molecule has 0 saturated heterocycles. The highest BCUT2D eigenvalue weighted by molar-refractivity contribution is 5.71. The summed E-state index contributed by atoms with van der Waals surface area (Å²) in [7, 11) is 0. The van der Waals surface area contributed by atoms with Gasteiger partial charge in [-0.15, -0.1) is 0 Å². The molecule has 1 atom stereocenters. The van der Waals surface area contributed by atoms with Gasteiger partial charge in [-0.25, -0.2) is 0 Å². The highest BCUT2D eigenvalue weighted by Crippen LogP contribution is 2.18. The van der Waals surface area contributed by atoms with E-state index in [1.165, 1.54) is 231 Å². The Morgan fingerprint density at radius 2 is 0.482 bits per heavy atom. The van der Waals surface area contributed by atoms with Gasteiger partial charge in [-0.2, -0.15) is 0 Å². The monoisotopic (exact) mass is 1160 g/mol. The van der Waals surface area contributed by atoms with Crippen molar-refractivity contribution in [2.24, 2.45) is 0 Å². The summed E-state index contributed by atoms with van der Waals surface area (Å²) in [5.41, 5.74) is 0. The summed E-state index contributed by atoms with van der Waals surface area (Å²) >= 11 is 0. The van der Waals surface area contributed by atoms with Crippen LogP contribution in [0.1, 0.15) is 367 Å². The Morgan fingerprint density at radius 3 is 0.783 bits per heavy atom. The number of unbranched alkanes of at least 4 members (excludes halogenated alkanes) is 41. The zero-order valence-electron chi connectivity index (χ0n) is 55.2. The van der Waals surface area contributed by atoms with E-state index in [1.54, 1.807) is 0 Å². The second kappa shape index (κ2) is 71.1. The Balaban J connectivity index is 4.18. The van der Waals surface area contributed by atoms with Gasteiger partial charge in [-0.05, 0) is 109 Å². The Labute approximate surface area is 515 Å². The zero-order valence-corrected chi connectivity index (χ0v) is 55.2. The van der Waals surface area contributed by atoms with Crippen LogP contribution in [-0.2, 0) is 28.6 Å².